The molecule has 0 spiro atoms. The monoisotopic (exact) mass is 382 g/mol. The van der Waals surface area contributed by atoms with Crippen LogP contribution in [0.3, 0.4) is 0 Å². The largest absolute Gasteiger partial charge is 0.480 e. The summed E-state index contributed by atoms with van der Waals surface area (Å²) in [7, 11) is 0. The number of amides is 2. The van der Waals surface area contributed by atoms with Gasteiger partial charge in [0.25, 0.3) is 0 Å². The van der Waals surface area contributed by atoms with Gasteiger partial charge in [-0.1, -0.05) is 0 Å². The van der Waals surface area contributed by atoms with Gasteiger partial charge in [0.05, 0.1) is 18.8 Å². The molecule has 1 heterocycles. The number of nitrogens with zero attached hydrogens (tertiary/aromatic N) is 3. The minimum atomic E-state index is -1.47. The predicted octanol–water partition coefficient (Wildman–Crippen LogP) is -1.29. The van der Waals surface area contributed by atoms with Crippen LogP contribution in [0.1, 0.15) is 44.0 Å². The van der Waals surface area contributed by atoms with Crippen molar-refractivity contribution in [2.45, 2.75) is 49.9 Å². The minimum Gasteiger partial charge on any atom is -0.480 e. The number of hydrogen-bond donors (Lipinski definition) is 6. The average molecular weight is 382 g/mol. The van der Waals surface area contributed by atoms with Crippen molar-refractivity contribution in [1.29, 1.82) is 5.26 Å². The zero-order valence-corrected chi connectivity index (χ0v) is 14.6. The summed E-state index contributed by atoms with van der Waals surface area (Å²) in [5.74, 6) is -1.36. The van der Waals surface area contributed by atoms with E-state index in [0.717, 1.165) is 0 Å². The maximum absolute atomic E-state index is 12.2. The highest BCUT2D eigenvalue weighted by molar-refractivity contribution is 5.83. The summed E-state index contributed by atoms with van der Waals surface area (Å²) in [5, 5.41) is 48.8. The molecule has 1 aliphatic carbocycles. The number of nitriles is 1. The third kappa shape index (κ3) is 4.51. The fourth-order valence-corrected chi connectivity index (χ4v) is 2.90. The minimum absolute atomic E-state index is 0.01000. The number of nitrogens with one attached hydrogen (secondary N) is 2. The van der Waals surface area contributed by atoms with Gasteiger partial charge in [-0.2, -0.15) is 5.26 Å². The molecule has 148 valence electrons. The Bertz CT molecular complexity index is 723. The summed E-state index contributed by atoms with van der Waals surface area (Å²) < 4.78 is 5.52. The van der Waals surface area contributed by atoms with E-state index < -0.39 is 42.3 Å². The van der Waals surface area contributed by atoms with Gasteiger partial charge in [0.15, 0.2) is 6.04 Å². The molecule has 0 radical (unpaired) electrons. The molecule has 0 aromatic carbocycles. The average Bonchev–Trinajstić information content (AvgIpc) is 3.06. The second-order valence-electron chi connectivity index (χ2n) is 6.60. The standard InChI is InChI=1S/C15H22N6O6/c1-7(23)10(17)11-20-21-13(27-11)15(4-8(5-15)2-3-16)19-14(26)18-9(6-22)12(24)25/h7-10,22-23H,2,4-6,17H2,1H3,(H,24,25)(H2,18,19,26)/t7-,8-,9+,10+,15-/m1/s1. The SMILES string of the molecule is C[C@@H](O)[C@H](N)c1nnc([C@]2(NC(=O)N[C@@H](CO)C(=O)O)C[C@H](CC#N)C2)o1. The number of carbonyl (C=O) groups excluding carboxylic acids is 1. The first-order chi connectivity index (χ1) is 12.7. The van der Waals surface area contributed by atoms with Crippen molar-refractivity contribution in [3.8, 4) is 6.07 Å². The number of carboxylic acid groups (broad SMARTS) is 1. The van der Waals surface area contributed by atoms with E-state index in [9.17, 15) is 14.7 Å². The highest BCUT2D eigenvalue weighted by Crippen LogP contribution is 2.46. The van der Waals surface area contributed by atoms with Gasteiger partial charge >= 0.3 is 12.0 Å². The van der Waals surface area contributed by atoms with Crippen LogP contribution in [-0.4, -0.2) is 56.3 Å². The molecule has 12 nitrogen and oxygen atoms in total. The van der Waals surface area contributed by atoms with E-state index in [1.54, 1.807) is 0 Å². The van der Waals surface area contributed by atoms with Crippen LogP contribution in [0, 0.1) is 17.2 Å². The van der Waals surface area contributed by atoms with Crippen molar-refractivity contribution < 1.29 is 29.3 Å². The molecule has 1 aromatic heterocycles. The third-order valence-electron chi connectivity index (χ3n) is 4.45. The summed E-state index contributed by atoms with van der Waals surface area (Å²) in [6.45, 7) is 0.685. The topological polar surface area (TPSA) is 208 Å². The first kappa shape index (κ1) is 20.6. The van der Waals surface area contributed by atoms with Crippen LogP contribution >= 0.6 is 0 Å². The molecule has 1 saturated carbocycles. The second kappa shape index (κ2) is 8.30. The molecule has 12 heteroatoms. The van der Waals surface area contributed by atoms with Crippen molar-refractivity contribution >= 4 is 12.0 Å². The van der Waals surface area contributed by atoms with Crippen LogP contribution in [0.15, 0.2) is 4.42 Å². The number of rotatable bonds is 8. The van der Waals surface area contributed by atoms with Gasteiger partial charge in [-0.15, -0.1) is 10.2 Å². The van der Waals surface area contributed by atoms with Gasteiger partial charge in [0.2, 0.25) is 11.8 Å². The third-order valence-corrected chi connectivity index (χ3v) is 4.45. The number of carboxylic acids is 1. The second-order valence-corrected chi connectivity index (χ2v) is 6.60. The number of carbonyl (C=O) groups is 2. The Balaban J connectivity index is 2.18. The van der Waals surface area contributed by atoms with Crippen LogP contribution in [0.2, 0.25) is 0 Å². The van der Waals surface area contributed by atoms with Gasteiger partial charge in [-0.05, 0) is 25.7 Å². The lowest BCUT2D eigenvalue weighted by atomic mass is 9.67. The fraction of sp³-hybridized carbons (Fsp3) is 0.667. The molecular formula is C15H22N6O6. The van der Waals surface area contributed by atoms with Crippen molar-refractivity contribution in [1.82, 2.24) is 20.8 Å². The molecule has 0 bridgehead atoms. The number of hydrogen-bond acceptors (Lipinski definition) is 9. The molecule has 1 aliphatic rings. The van der Waals surface area contributed by atoms with Crippen molar-refractivity contribution in [2.24, 2.45) is 11.7 Å². The normalized spacial score (nSPS) is 24.8. The van der Waals surface area contributed by atoms with Gasteiger partial charge in [0, 0.05) is 6.42 Å². The van der Waals surface area contributed by atoms with Crippen LogP contribution in [0.25, 0.3) is 0 Å². The lowest BCUT2D eigenvalue weighted by Gasteiger charge is -2.44. The Morgan fingerprint density at radius 2 is 2.15 bits per heavy atom. The van der Waals surface area contributed by atoms with Crippen LogP contribution < -0.4 is 16.4 Å². The van der Waals surface area contributed by atoms with E-state index in [2.05, 4.69) is 20.8 Å². The number of aliphatic carboxylic acids is 1. The number of urea groups is 1. The number of nitrogens with two attached hydrogens (primary N) is 1. The summed E-state index contributed by atoms with van der Waals surface area (Å²) in [6.07, 6.45) is -0.000415. The summed E-state index contributed by atoms with van der Waals surface area (Å²) in [5.41, 5.74) is 4.68. The molecule has 1 fully saturated rings. The highest BCUT2D eigenvalue weighted by atomic mass is 16.4. The Kier molecular flexibility index (Phi) is 6.32. The molecular weight excluding hydrogens is 360 g/mol. The predicted molar refractivity (Wildman–Crippen MR) is 87.7 cm³/mol. The van der Waals surface area contributed by atoms with E-state index >= 15 is 0 Å². The summed E-state index contributed by atoms with van der Waals surface area (Å²) in [6, 6.07) is -1.17. The van der Waals surface area contributed by atoms with Gasteiger partial charge in [-0.25, -0.2) is 9.59 Å². The van der Waals surface area contributed by atoms with E-state index in [1.165, 1.54) is 6.92 Å². The smallest absolute Gasteiger partial charge is 0.328 e. The van der Waals surface area contributed by atoms with Crippen LogP contribution in [-0.2, 0) is 10.3 Å². The quantitative estimate of drug-likeness (QED) is 0.313. The lowest BCUT2D eigenvalue weighted by Crippen LogP contribution is -2.59. The lowest BCUT2D eigenvalue weighted by molar-refractivity contribution is -0.140. The van der Waals surface area contributed by atoms with Crippen molar-refractivity contribution in [3.05, 3.63) is 11.8 Å². The Morgan fingerprint density at radius 3 is 2.67 bits per heavy atom. The fourth-order valence-electron chi connectivity index (χ4n) is 2.90. The zero-order chi connectivity index (χ0) is 20.2. The maximum Gasteiger partial charge on any atom is 0.328 e. The van der Waals surface area contributed by atoms with E-state index in [4.69, 9.17) is 25.6 Å². The number of aliphatic hydroxyl groups excluding tert-OH is 2. The molecule has 27 heavy (non-hydrogen) atoms. The summed E-state index contributed by atoms with van der Waals surface area (Å²) in [4.78, 5) is 23.1. The van der Waals surface area contributed by atoms with Crippen molar-refractivity contribution in [2.75, 3.05) is 6.61 Å². The molecule has 2 rings (SSSR count). The molecule has 0 unspecified atom stereocenters. The van der Waals surface area contributed by atoms with E-state index in [-0.39, 0.29) is 24.1 Å². The zero-order valence-electron chi connectivity index (χ0n) is 14.6. The van der Waals surface area contributed by atoms with Crippen LogP contribution in [0.4, 0.5) is 4.79 Å². The Labute approximate surface area is 154 Å². The Morgan fingerprint density at radius 1 is 1.48 bits per heavy atom. The summed E-state index contributed by atoms with van der Waals surface area (Å²) >= 11 is 0. The van der Waals surface area contributed by atoms with Gasteiger partial charge in [0.1, 0.15) is 11.6 Å². The van der Waals surface area contributed by atoms with Gasteiger partial charge < -0.3 is 36.1 Å². The number of aromatic nitrogens is 2. The molecule has 7 N–H and O–H groups in total. The molecule has 2 amide bonds. The van der Waals surface area contributed by atoms with Crippen molar-refractivity contribution in [3.63, 3.8) is 0 Å². The maximum atomic E-state index is 12.2. The van der Waals surface area contributed by atoms with Crippen LogP contribution in [0.5, 0.6) is 0 Å². The Hall–Kier alpha value is -2.75. The first-order valence-electron chi connectivity index (χ1n) is 8.29. The van der Waals surface area contributed by atoms with Gasteiger partial charge in [-0.3, -0.25) is 0 Å². The van der Waals surface area contributed by atoms with E-state index in [0.29, 0.717) is 12.8 Å². The molecule has 3 atom stereocenters. The molecule has 1 aromatic rings. The molecule has 0 aliphatic heterocycles. The first-order valence-corrected chi connectivity index (χ1v) is 8.29. The van der Waals surface area contributed by atoms with E-state index in [1.807, 2.05) is 6.07 Å². The highest BCUT2D eigenvalue weighted by Gasteiger charge is 2.51. The molecule has 0 saturated heterocycles. The number of aliphatic hydroxyl groups is 2.